The largest absolute Gasteiger partial charge is 0.469 e. The van der Waals surface area contributed by atoms with Crippen molar-refractivity contribution in [3.8, 4) is 0 Å². The first-order valence-electron chi connectivity index (χ1n) is 6.23. The highest BCUT2D eigenvalue weighted by atomic mass is 32.1. The van der Waals surface area contributed by atoms with Crippen molar-refractivity contribution in [2.75, 3.05) is 6.54 Å². The van der Waals surface area contributed by atoms with Crippen molar-refractivity contribution in [3.05, 3.63) is 59.2 Å². The lowest BCUT2D eigenvalue weighted by molar-refractivity contribution is -0.131. The van der Waals surface area contributed by atoms with Crippen molar-refractivity contribution in [2.45, 2.75) is 19.4 Å². The zero-order chi connectivity index (χ0) is 13.5. The van der Waals surface area contributed by atoms with Gasteiger partial charge in [-0.1, -0.05) is 12.1 Å². The van der Waals surface area contributed by atoms with Crippen LogP contribution < -0.4 is 0 Å². The van der Waals surface area contributed by atoms with Gasteiger partial charge in [-0.3, -0.25) is 4.79 Å². The van der Waals surface area contributed by atoms with Gasteiger partial charge in [0.05, 0.1) is 12.8 Å². The third kappa shape index (κ3) is 4.10. The lowest BCUT2D eigenvalue weighted by atomic mass is 10.2. The van der Waals surface area contributed by atoms with Gasteiger partial charge in [0, 0.05) is 24.3 Å². The number of rotatable bonds is 7. The number of thiophene rings is 1. The Kier molecular flexibility index (Phi) is 4.98. The van der Waals surface area contributed by atoms with Crippen LogP contribution in [0.4, 0.5) is 0 Å². The second kappa shape index (κ2) is 6.95. The maximum absolute atomic E-state index is 12.2. The molecule has 2 rings (SSSR count). The van der Waals surface area contributed by atoms with E-state index in [0.717, 1.165) is 5.76 Å². The Morgan fingerprint density at radius 3 is 2.95 bits per heavy atom. The quantitative estimate of drug-likeness (QED) is 0.725. The van der Waals surface area contributed by atoms with Crippen LogP contribution in [0.1, 0.15) is 17.1 Å². The summed E-state index contributed by atoms with van der Waals surface area (Å²) in [6.45, 7) is 4.94. The monoisotopic (exact) mass is 275 g/mol. The van der Waals surface area contributed by atoms with Gasteiger partial charge in [0.25, 0.3) is 0 Å². The molecular formula is C15H17NO2S. The first-order chi connectivity index (χ1) is 9.29. The van der Waals surface area contributed by atoms with Crippen LogP contribution in [0, 0.1) is 0 Å². The van der Waals surface area contributed by atoms with Gasteiger partial charge >= 0.3 is 0 Å². The average Bonchev–Trinajstić information content (AvgIpc) is 3.08. The number of aryl methyl sites for hydroxylation is 1. The number of furan rings is 1. The minimum atomic E-state index is 0.129. The highest BCUT2D eigenvalue weighted by Crippen LogP contribution is 2.13. The molecule has 2 heterocycles. The number of amides is 1. The summed E-state index contributed by atoms with van der Waals surface area (Å²) in [5, 5.41) is 2.02. The van der Waals surface area contributed by atoms with E-state index in [1.807, 2.05) is 34.5 Å². The standard InChI is InChI=1S/C15H17NO2S/c1-2-9-16(12-14-6-4-11-19-14)15(17)8-7-13-5-3-10-18-13/h2-6,10-11H,1,7-9,12H2. The summed E-state index contributed by atoms with van der Waals surface area (Å²) in [6.07, 6.45) is 4.50. The summed E-state index contributed by atoms with van der Waals surface area (Å²) in [5.74, 6) is 0.979. The molecule has 0 aliphatic rings. The number of hydrogen-bond acceptors (Lipinski definition) is 3. The van der Waals surface area contributed by atoms with Crippen LogP contribution in [0.5, 0.6) is 0 Å². The van der Waals surface area contributed by atoms with Crippen molar-refractivity contribution in [1.29, 1.82) is 0 Å². The van der Waals surface area contributed by atoms with Crippen LogP contribution in [-0.2, 0) is 17.8 Å². The summed E-state index contributed by atoms with van der Waals surface area (Å²) >= 11 is 1.66. The molecule has 2 aromatic heterocycles. The minimum absolute atomic E-state index is 0.129. The van der Waals surface area contributed by atoms with E-state index in [0.29, 0.717) is 25.9 Å². The molecule has 0 saturated heterocycles. The molecule has 0 unspecified atom stereocenters. The topological polar surface area (TPSA) is 33.5 Å². The molecule has 2 aromatic rings. The molecule has 0 N–H and O–H groups in total. The van der Waals surface area contributed by atoms with Gasteiger partial charge < -0.3 is 9.32 Å². The molecular weight excluding hydrogens is 258 g/mol. The molecule has 0 atom stereocenters. The predicted octanol–water partition coefficient (Wildman–Crippen LogP) is 3.49. The molecule has 0 aliphatic heterocycles. The van der Waals surface area contributed by atoms with E-state index in [1.54, 1.807) is 23.7 Å². The fraction of sp³-hybridized carbons (Fsp3) is 0.267. The summed E-state index contributed by atoms with van der Waals surface area (Å²) < 4.78 is 5.24. The molecule has 1 amide bonds. The molecule has 19 heavy (non-hydrogen) atoms. The molecule has 3 nitrogen and oxygen atoms in total. The van der Waals surface area contributed by atoms with Gasteiger partial charge in [0.15, 0.2) is 0 Å². The van der Waals surface area contributed by atoms with E-state index in [4.69, 9.17) is 4.42 Å². The maximum atomic E-state index is 12.2. The Morgan fingerprint density at radius 2 is 2.32 bits per heavy atom. The van der Waals surface area contributed by atoms with E-state index >= 15 is 0 Å². The third-order valence-electron chi connectivity index (χ3n) is 2.79. The smallest absolute Gasteiger partial charge is 0.223 e. The lowest BCUT2D eigenvalue weighted by Crippen LogP contribution is -2.30. The van der Waals surface area contributed by atoms with Crippen molar-refractivity contribution >= 4 is 17.2 Å². The molecule has 100 valence electrons. The number of hydrogen-bond donors (Lipinski definition) is 0. The fourth-order valence-electron chi connectivity index (χ4n) is 1.84. The molecule has 0 spiro atoms. The van der Waals surface area contributed by atoms with E-state index in [9.17, 15) is 4.79 Å². The third-order valence-corrected chi connectivity index (χ3v) is 3.66. The zero-order valence-electron chi connectivity index (χ0n) is 10.7. The van der Waals surface area contributed by atoms with Crippen LogP contribution in [-0.4, -0.2) is 17.4 Å². The highest BCUT2D eigenvalue weighted by molar-refractivity contribution is 7.09. The van der Waals surface area contributed by atoms with E-state index in [1.165, 1.54) is 4.88 Å². The number of nitrogens with zero attached hydrogens (tertiary/aromatic N) is 1. The summed E-state index contributed by atoms with van der Waals surface area (Å²) in [7, 11) is 0. The number of carbonyl (C=O) groups excluding carboxylic acids is 1. The molecule has 0 saturated carbocycles. The Balaban J connectivity index is 1.90. The lowest BCUT2D eigenvalue weighted by Gasteiger charge is -2.20. The van der Waals surface area contributed by atoms with Crippen molar-refractivity contribution in [2.24, 2.45) is 0 Å². The van der Waals surface area contributed by atoms with Crippen LogP contribution in [0.25, 0.3) is 0 Å². The van der Waals surface area contributed by atoms with Gasteiger partial charge in [-0.25, -0.2) is 0 Å². The van der Waals surface area contributed by atoms with Crippen molar-refractivity contribution in [1.82, 2.24) is 4.90 Å². The normalized spacial score (nSPS) is 10.3. The first-order valence-corrected chi connectivity index (χ1v) is 7.11. The van der Waals surface area contributed by atoms with Crippen LogP contribution in [0.3, 0.4) is 0 Å². The predicted molar refractivity (Wildman–Crippen MR) is 77.0 cm³/mol. The Hall–Kier alpha value is -1.81. The summed E-state index contributed by atoms with van der Waals surface area (Å²) in [4.78, 5) is 15.2. The van der Waals surface area contributed by atoms with Gasteiger partial charge in [-0.2, -0.15) is 0 Å². The van der Waals surface area contributed by atoms with Crippen LogP contribution >= 0.6 is 11.3 Å². The van der Waals surface area contributed by atoms with Gasteiger partial charge in [0.2, 0.25) is 5.91 Å². The highest BCUT2D eigenvalue weighted by Gasteiger charge is 2.13. The SMILES string of the molecule is C=CCN(Cc1cccs1)C(=O)CCc1ccco1. The summed E-state index contributed by atoms with van der Waals surface area (Å²) in [5.41, 5.74) is 0. The van der Waals surface area contributed by atoms with Crippen molar-refractivity contribution < 1.29 is 9.21 Å². The Bertz CT molecular complexity index is 502. The number of carbonyl (C=O) groups is 1. The van der Waals surface area contributed by atoms with E-state index in [2.05, 4.69) is 6.58 Å². The maximum Gasteiger partial charge on any atom is 0.223 e. The zero-order valence-corrected chi connectivity index (χ0v) is 11.6. The van der Waals surface area contributed by atoms with Crippen LogP contribution in [0.2, 0.25) is 0 Å². The average molecular weight is 275 g/mol. The second-order valence-corrected chi connectivity index (χ2v) is 5.25. The second-order valence-electron chi connectivity index (χ2n) is 4.22. The summed E-state index contributed by atoms with van der Waals surface area (Å²) in [6, 6.07) is 7.78. The van der Waals surface area contributed by atoms with Gasteiger partial charge in [-0.05, 0) is 23.6 Å². The van der Waals surface area contributed by atoms with Gasteiger partial charge in [-0.15, -0.1) is 17.9 Å². The van der Waals surface area contributed by atoms with Crippen molar-refractivity contribution in [3.63, 3.8) is 0 Å². The molecule has 0 bridgehead atoms. The minimum Gasteiger partial charge on any atom is -0.469 e. The van der Waals surface area contributed by atoms with Crippen LogP contribution in [0.15, 0.2) is 53.0 Å². The molecule has 0 aliphatic carbocycles. The van der Waals surface area contributed by atoms with E-state index in [-0.39, 0.29) is 5.91 Å². The Morgan fingerprint density at radius 1 is 1.42 bits per heavy atom. The van der Waals surface area contributed by atoms with E-state index < -0.39 is 0 Å². The fourth-order valence-corrected chi connectivity index (χ4v) is 2.56. The molecule has 0 fully saturated rings. The Labute approximate surface area is 117 Å². The molecule has 0 radical (unpaired) electrons. The first kappa shape index (κ1) is 13.6. The molecule has 0 aromatic carbocycles. The molecule has 4 heteroatoms. The van der Waals surface area contributed by atoms with Gasteiger partial charge in [0.1, 0.15) is 5.76 Å².